The number of ether oxygens (including phenoxy) is 1. The van der Waals surface area contributed by atoms with Crippen molar-refractivity contribution >= 4 is 6.09 Å². The van der Waals surface area contributed by atoms with Gasteiger partial charge >= 0.3 is 6.09 Å². The van der Waals surface area contributed by atoms with Crippen molar-refractivity contribution in [3.63, 3.8) is 0 Å². The second-order valence-electron chi connectivity index (χ2n) is 8.23. The topological polar surface area (TPSA) is 54.5 Å². The van der Waals surface area contributed by atoms with E-state index < -0.39 is 0 Å². The van der Waals surface area contributed by atoms with E-state index in [-0.39, 0.29) is 23.6 Å². The molecule has 1 amide bonds. The molecule has 0 radical (unpaired) electrons. The summed E-state index contributed by atoms with van der Waals surface area (Å²) < 4.78 is 18.8. The molecule has 2 aromatic rings. The van der Waals surface area contributed by atoms with Crippen molar-refractivity contribution in [3.05, 3.63) is 54.0 Å². The van der Waals surface area contributed by atoms with Gasteiger partial charge in [0, 0.05) is 12.1 Å². The van der Waals surface area contributed by atoms with Gasteiger partial charge in [-0.05, 0) is 62.4 Å². The Morgan fingerprint density at radius 2 is 1.89 bits per heavy atom. The summed E-state index contributed by atoms with van der Waals surface area (Å²) in [6, 6.07) is 11.0. The lowest BCUT2D eigenvalue weighted by molar-refractivity contribution is -0.0342. The van der Waals surface area contributed by atoms with Crippen molar-refractivity contribution in [1.82, 2.24) is 15.2 Å². The van der Waals surface area contributed by atoms with E-state index in [4.69, 9.17) is 4.74 Å². The van der Waals surface area contributed by atoms with E-state index in [9.17, 15) is 9.18 Å². The Morgan fingerprint density at radius 1 is 1.14 bits per heavy atom. The van der Waals surface area contributed by atoms with Crippen LogP contribution in [0.15, 0.2) is 42.6 Å². The summed E-state index contributed by atoms with van der Waals surface area (Å²) in [6.45, 7) is 3.13. The number of carbonyl (C=O) groups excluding carboxylic acids is 1. The van der Waals surface area contributed by atoms with Crippen LogP contribution in [0.3, 0.4) is 0 Å². The van der Waals surface area contributed by atoms with Crippen LogP contribution in [0.2, 0.25) is 0 Å². The molecule has 1 aliphatic carbocycles. The molecule has 1 aromatic heterocycles. The molecule has 1 aromatic carbocycles. The summed E-state index contributed by atoms with van der Waals surface area (Å²) in [6.07, 6.45) is 5.01. The third-order valence-corrected chi connectivity index (χ3v) is 6.41. The molecule has 3 saturated heterocycles. The minimum Gasteiger partial charge on any atom is -0.445 e. The Hall–Kier alpha value is -2.47. The number of hydrogen-bond acceptors (Lipinski definition) is 4. The molecule has 4 fully saturated rings. The van der Waals surface area contributed by atoms with Crippen molar-refractivity contribution in [2.75, 3.05) is 19.6 Å². The largest absolute Gasteiger partial charge is 0.445 e. The van der Waals surface area contributed by atoms with Gasteiger partial charge in [-0.3, -0.25) is 9.88 Å². The van der Waals surface area contributed by atoms with Gasteiger partial charge in [0.25, 0.3) is 0 Å². The van der Waals surface area contributed by atoms with Crippen molar-refractivity contribution in [3.8, 4) is 11.3 Å². The second-order valence-corrected chi connectivity index (χ2v) is 8.23. The molecule has 0 spiro atoms. The normalized spacial score (nSPS) is 27.2. The smallest absolute Gasteiger partial charge is 0.408 e. The number of nitrogens with zero attached hydrogens (tertiary/aromatic N) is 2. The van der Waals surface area contributed by atoms with Gasteiger partial charge in [0.2, 0.25) is 0 Å². The first-order valence-electron chi connectivity index (χ1n) is 10.0. The van der Waals surface area contributed by atoms with Gasteiger partial charge in [-0.25, -0.2) is 9.18 Å². The van der Waals surface area contributed by atoms with Crippen molar-refractivity contribution < 1.29 is 13.9 Å². The summed E-state index contributed by atoms with van der Waals surface area (Å²) in [4.78, 5) is 19.0. The number of nitrogens with one attached hydrogen (secondary N) is 1. The maximum atomic E-state index is 13.1. The van der Waals surface area contributed by atoms with Gasteiger partial charge in [-0.15, -0.1) is 0 Å². The fourth-order valence-corrected chi connectivity index (χ4v) is 4.52. The predicted molar refractivity (Wildman–Crippen MR) is 103 cm³/mol. The predicted octanol–water partition coefficient (Wildman–Crippen LogP) is 3.70. The van der Waals surface area contributed by atoms with Crippen LogP contribution >= 0.6 is 0 Å². The molecule has 1 saturated carbocycles. The van der Waals surface area contributed by atoms with Crippen LogP contribution in [0.4, 0.5) is 9.18 Å². The van der Waals surface area contributed by atoms with E-state index in [2.05, 4.69) is 15.2 Å². The highest BCUT2D eigenvalue weighted by atomic mass is 19.1. The zero-order valence-electron chi connectivity index (χ0n) is 15.7. The molecule has 2 bridgehead atoms. The van der Waals surface area contributed by atoms with Crippen LogP contribution in [-0.4, -0.2) is 41.7 Å². The Bertz CT molecular complexity index is 856. The van der Waals surface area contributed by atoms with E-state index in [0.717, 1.165) is 62.1 Å². The van der Waals surface area contributed by atoms with E-state index >= 15 is 0 Å². The lowest BCUT2D eigenvalue weighted by atomic mass is 9.86. The van der Waals surface area contributed by atoms with E-state index in [1.165, 1.54) is 12.3 Å². The van der Waals surface area contributed by atoms with E-state index in [0.29, 0.717) is 5.92 Å². The van der Waals surface area contributed by atoms with Crippen LogP contribution in [0, 0.1) is 11.7 Å². The first-order valence-corrected chi connectivity index (χ1v) is 10.0. The first-order chi connectivity index (χ1) is 13.6. The average molecular weight is 381 g/mol. The molecular weight excluding hydrogens is 357 g/mol. The van der Waals surface area contributed by atoms with Crippen LogP contribution in [0.5, 0.6) is 0 Å². The summed E-state index contributed by atoms with van der Waals surface area (Å²) in [5, 5.41) is 3.11. The molecule has 146 valence electrons. The van der Waals surface area contributed by atoms with Crippen molar-refractivity contribution in [2.45, 2.75) is 37.3 Å². The number of pyridine rings is 1. The highest BCUT2D eigenvalue weighted by Gasteiger charge is 2.47. The molecule has 6 rings (SSSR count). The summed E-state index contributed by atoms with van der Waals surface area (Å²) in [7, 11) is 0. The molecule has 1 N–H and O–H groups in total. The fourth-order valence-electron chi connectivity index (χ4n) is 4.52. The number of amides is 1. The SMILES string of the molecule is O=C(NC1(c2ccc(-c3ccc(F)cn3)cc2)CC1)OC1CN2CCC1CC2. The molecule has 28 heavy (non-hydrogen) atoms. The number of benzene rings is 1. The van der Waals surface area contributed by atoms with Gasteiger partial charge in [-0.1, -0.05) is 24.3 Å². The number of fused-ring (bicyclic) bond motifs is 3. The quantitative estimate of drug-likeness (QED) is 0.878. The Kier molecular flexibility index (Phi) is 4.31. The zero-order chi connectivity index (χ0) is 19.1. The van der Waals surface area contributed by atoms with E-state index in [1.807, 2.05) is 24.3 Å². The van der Waals surface area contributed by atoms with Gasteiger partial charge in [-0.2, -0.15) is 0 Å². The number of aromatic nitrogens is 1. The minimum absolute atomic E-state index is 0.0187. The monoisotopic (exact) mass is 381 g/mol. The standard InChI is InChI=1S/C22H24FN3O2/c23-18-5-6-19(24-13-18)15-1-3-17(4-2-15)22(9-10-22)25-21(27)28-20-14-26-11-7-16(20)8-12-26/h1-6,13,16,20H,7-12,14H2,(H,25,27). The number of hydrogen-bond donors (Lipinski definition) is 1. The van der Waals surface area contributed by atoms with Crippen LogP contribution < -0.4 is 5.32 Å². The van der Waals surface area contributed by atoms with E-state index in [1.54, 1.807) is 6.07 Å². The molecule has 4 heterocycles. The first kappa shape index (κ1) is 17.6. The van der Waals surface area contributed by atoms with Gasteiger partial charge < -0.3 is 10.1 Å². The van der Waals surface area contributed by atoms with Crippen molar-refractivity contribution in [1.29, 1.82) is 0 Å². The lowest BCUT2D eigenvalue weighted by Crippen LogP contribution is -2.53. The molecule has 6 heteroatoms. The molecule has 1 atom stereocenters. The number of alkyl carbamates (subject to hydrolysis) is 1. The highest BCUT2D eigenvalue weighted by Crippen LogP contribution is 2.46. The summed E-state index contributed by atoms with van der Waals surface area (Å²) in [5.41, 5.74) is 2.41. The molecule has 4 aliphatic rings. The van der Waals surface area contributed by atoms with Gasteiger partial charge in [0.05, 0.1) is 17.4 Å². The maximum Gasteiger partial charge on any atom is 0.408 e. The molecule has 1 unspecified atom stereocenters. The highest BCUT2D eigenvalue weighted by molar-refractivity contribution is 5.70. The lowest BCUT2D eigenvalue weighted by Gasteiger charge is -2.44. The second kappa shape index (κ2) is 6.85. The Labute approximate surface area is 163 Å². The Balaban J connectivity index is 1.24. The van der Waals surface area contributed by atoms with Crippen molar-refractivity contribution in [2.24, 2.45) is 5.92 Å². The number of piperidine rings is 3. The summed E-state index contributed by atoms with van der Waals surface area (Å²) in [5.74, 6) is 0.163. The van der Waals surface area contributed by atoms with Crippen LogP contribution in [0.25, 0.3) is 11.3 Å². The van der Waals surface area contributed by atoms with Gasteiger partial charge in [0.1, 0.15) is 11.9 Å². The number of carbonyl (C=O) groups is 1. The average Bonchev–Trinajstić information content (AvgIpc) is 3.50. The van der Waals surface area contributed by atoms with Crippen LogP contribution in [-0.2, 0) is 10.3 Å². The fraction of sp³-hybridized carbons (Fsp3) is 0.455. The third kappa shape index (κ3) is 3.37. The molecule has 3 aliphatic heterocycles. The maximum absolute atomic E-state index is 13.1. The Morgan fingerprint density at radius 3 is 2.46 bits per heavy atom. The number of halogens is 1. The number of rotatable bonds is 4. The third-order valence-electron chi connectivity index (χ3n) is 6.41. The van der Waals surface area contributed by atoms with Gasteiger partial charge in [0.15, 0.2) is 0 Å². The summed E-state index contributed by atoms with van der Waals surface area (Å²) >= 11 is 0. The molecule has 5 nitrogen and oxygen atoms in total. The minimum atomic E-state index is -0.344. The zero-order valence-corrected chi connectivity index (χ0v) is 15.7. The molecular formula is C22H24FN3O2. The van der Waals surface area contributed by atoms with Crippen LogP contribution in [0.1, 0.15) is 31.2 Å².